The van der Waals surface area contributed by atoms with Crippen molar-refractivity contribution in [3.63, 3.8) is 0 Å². The molecule has 0 fully saturated rings. The van der Waals surface area contributed by atoms with E-state index in [0.717, 1.165) is 21.4 Å². The molecule has 2 aromatic rings. The van der Waals surface area contributed by atoms with Crippen LogP contribution in [0, 0.1) is 0 Å². The highest BCUT2D eigenvalue weighted by atomic mass is 79.9. The molecule has 0 bridgehead atoms. The molecule has 0 saturated carbocycles. The molecule has 0 spiro atoms. The van der Waals surface area contributed by atoms with Gasteiger partial charge in [0.05, 0.1) is 0 Å². The molecule has 4 heteroatoms. The summed E-state index contributed by atoms with van der Waals surface area (Å²) >= 11 is 3.41. The molecule has 88 valence electrons. The van der Waals surface area contributed by atoms with Crippen molar-refractivity contribution in [3.8, 4) is 11.1 Å². The molecule has 0 saturated heterocycles. The van der Waals surface area contributed by atoms with Crippen molar-refractivity contribution >= 4 is 15.9 Å². The lowest BCUT2D eigenvalue weighted by atomic mass is 10.1. The van der Waals surface area contributed by atoms with Gasteiger partial charge < -0.3 is 5.73 Å². The van der Waals surface area contributed by atoms with E-state index in [1.807, 2.05) is 43.6 Å². The van der Waals surface area contributed by atoms with Crippen molar-refractivity contribution in [2.45, 2.75) is 19.4 Å². The Balaban J connectivity index is 2.20. The largest absolute Gasteiger partial charge is 0.328 e. The number of aromatic nitrogens is 2. The number of nitrogens with two attached hydrogens (primary N) is 1. The Labute approximate surface area is 109 Å². The first-order valence-corrected chi connectivity index (χ1v) is 6.27. The van der Waals surface area contributed by atoms with Crippen LogP contribution in [0.2, 0.25) is 0 Å². The average Bonchev–Trinajstić information content (AvgIpc) is 2.30. The monoisotopic (exact) mass is 291 g/mol. The van der Waals surface area contributed by atoms with Gasteiger partial charge in [0.25, 0.3) is 0 Å². The standard InChI is InChI=1S/C13H14BrN3/c1-9(15)6-13-16-7-11(8-17-13)10-2-4-12(14)5-3-10/h2-5,7-9H,6,15H2,1H3. The highest BCUT2D eigenvalue weighted by Gasteiger charge is 2.02. The van der Waals surface area contributed by atoms with Gasteiger partial charge in [0.1, 0.15) is 5.82 Å². The molecule has 0 aliphatic heterocycles. The van der Waals surface area contributed by atoms with Crippen LogP contribution in [0.25, 0.3) is 11.1 Å². The topological polar surface area (TPSA) is 51.8 Å². The smallest absolute Gasteiger partial charge is 0.129 e. The van der Waals surface area contributed by atoms with E-state index in [4.69, 9.17) is 5.73 Å². The Hall–Kier alpha value is -1.26. The molecule has 1 unspecified atom stereocenters. The summed E-state index contributed by atoms with van der Waals surface area (Å²) in [4.78, 5) is 8.63. The van der Waals surface area contributed by atoms with Crippen LogP contribution in [-0.2, 0) is 6.42 Å². The minimum absolute atomic E-state index is 0.0912. The van der Waals surface area contributed by atoms with E-state index in [0.29, 0.717) is 6.42 Å². The number of rotatable bonds is 3. The maximum atomic E-state index is 5.71. The van der Waals surface area contributed by atoms with Gasteiger partial charge in [0.15, 0.2) is 0 Å². The molecule has 0 radical (unpaired) electrons. The molecular formula is C13H14BrN3. The third-order valence-electron chi connectivity index (χ3n) is 2.39. The summed E-state index contributed by atoms with van der Waals surface area (Å²) in [5, 5.41) is 0. The van der Waals surface area contributed by atoms with Crippen molar-refractivity contribution in [3.05, 3.63) is 47.0 Å². The first-order valence-electron chi connectivity index (χ1n) is 5.47. The second-order valence-corrected chi connectivity index (χ2v) is 4.99. The lowest BCUT2D eigenvalue weighted by Crippen LogP contribution is -2.19. The fourth-order valence-corrected chi connectivity index (χ4v) is 1.80. The maximum absolute atomic E-state index is 5.71. The van der Waals surface area contributed by atoms with Crippen molar-refractivity contribution in [1.82, 2.24) is 9.97 Å². The highest BCUT2D eigenvalue weighted by molar-refractivity contribution is 9.10. The van der Waals surface area contributed by atoms with Crippen LogP contribution < -0.4 is 5.73 Å². The second kappa shape index (κ2) is 5.38. The third-order valence-corrected chi connectivity index (χ3v) is 2.92. The Kier molecular flexibility index (Phi) is 3.86. The Morgan fingerprint density at radius 2 is 1.71 bits per heavy atom. The minimum Gasteiger partial charge on any atom is -0.328 e. The molecular weight excluding hydrogens is 278 g/mol. The molecule has 0 amide bonds. The Bertz CT molecular complexity index is 477. The van der Waals surface area contributed by atoms with Gasteiger partial charge in [-0.25, -0.2) is 9.97 Å². The van der Waals surface area contributed by atoms with Gasteiger partial charge in [0, 0.05) is 34.9 Å². The van der Waals surface area contributed by atoms with E-state index in [1.54, 1.807) is 0 Å². The van der Waals surface area contributed by atoms with Gasteiger partial charge in [-0.1, -0.05) is 28.1 Å². The van der Waals surface area contributed by atoms with Crippen molar-refractivity contribution < 1.29 is 0 Å². The van der Waals surface area contributed by atoms with Crippen LogP contribution in [0.15, 0.2) is 41.1 Å². The SMILES string of the molecule is CC(N)Cc1ncc(-c2ccc(Br)cc2)cn1. The second-order valence-electron chi connectivity index (χ2n) is 4.08. The molecule has 1 heterocycles. The van der Waals surface area contributed by atoms with E-state index in [2.05, 4.69) is 25.9 Å². The molecule has 2 N–H and O–H groups in total. The van der Waals surface area contributed by atoms with E-state index >= 15 is 0 Å². The van der Waals surface area contributed by atoms with Crippen LogP contribution in [0.5, 0.6) is 0 Å². The molecule has 1 aromatic carbocycles. The number of hydrogen-bond acceptors (Lipinski definition) is 3. The first-order chi connectivity index (χ1) is 8.15. The van der Waals surface area contributed by atoms with Gasteiger partial charge >= 0.3 is 0 Å². The van der Waals surface area contributed by atoms with Crippen molar-refractivity contribution in [2.24, 2.45) is 5.73 Å². The maximum Gasteiger partial charge on any atom is 0.129 e. The fourth-order valence-electron chi connectivity index (χ4n) is 1.54. The molecule has 1 atom stereocenters. The summed E-state index contributed by atoms with van der Waals surface area (Å²) in [5.74, 6) is 0.792. The molecule has 2 rings (SSSR count). The molecule has 17 heavy (non-hydrogen) atoms. The van der Waals surface area contributed by atoms with Gasteiger partial charge in [0.2, 0.25) is 0 Å². The summed E-state index contributed by atoms with van der Waals surface area (Å²) in [7, 11) is 0. The normalized spacial score (nSPS) is 12.4. The summed E-state index contributed by atoms with van der Waals surface area (Å²) in [6.07, 6.45) is 4.39. The van der Waals surface area contributed by atoms with Crippen LogP contribution in [0.4, 0.5) is 0 Å². The van der Waals surface area contributed by atoms with E-state index in [9.17, 15) is 0 Å². The van der Waals surface area contributed by atoms with Crippen molar-refractivity contribution in [1.29, 1.82) is 0 Å². The Morgan fingerprint density at radius 3 is 2.24 bits per heavy atom. The third kappa shape index (κ3) is 3.35. The zero-order chi connectivity index (χ0) is 12.3. The highest BCUT2D eigenvalue weighted by Crippen LogP contribution is 2.20. The molecule has 3 nitrogen and oxygen atoms in total. The first kappa shape index (κ1) is 12.2. The predicted molar refractivity (Wildman–Crippen MR) is 72.5 cm³/mol. The van der Waals surface area contributed by atoms with Gasteiger partial charge in [-0.3, -0.25) is 0 Å². The van der Waals surface area contributed by atoms with Crippen molar-refractivity contribution in [2.75, 3.05) is 0 Å². The minimum atomic E-state index is 0.0912. The van der Waals surface area contributed by atoms with Crippen LogP contribution in [0.3, 0.4) is 0 Å². The number of benzene rings is 1. The number of nitrogens with zero attached hydrogens (tertiary/aromatic N) is 2. The zero-order valence-corrected chi connectivity index (χ0v) is 11.2. The Morgan fingerprint density at radius 1 is 1.12 bits per heavy atom. The summed E-state index contributed by atoms with van der Waals surface area (Å²) in [6, 6.07) is 8.17. The lowest BCUT2D eigenvalue weighted by molar-refractivity contribution is 0.702. The quantitative estimate of drug-likeness (QED) is 0.946. The van der Waals surface area contributed by atoms with Gasteiger partial charge in [-0.05, 0) is 24.6 Å². The lowest BCUT2D eigenvalue weighted by Gasteiger charge is -2.05. The summed E-state index contributed by atoms with van der Waals surface area (Å²) in [5.41, 5.74) is 7.84. The van der Waals surface area contributed by atoms with E-state index in [-0.39, 0.29) is 6.04 Å². The fraction of sp³-hybridized carbons (Fsp3) is 0.231. The summed E-state index contributed by atoms with van der Waals surface area (Å²) < 4.78 is 1.07. The van der Waals surface area contributed by atoms with E-state index < -0.39 is 0 Å². The molecule has 0 aliphatic rings. The zero-order valence-electron chi connectivity index (χ0n) is 9.60. The van der Waals surface area contributed by atoms with Crippen LogP contribution in [-0.4, -0.2) is 16.0 Å². The average molecular weight is 292 g/mol. The summed E-state index contributed by atoms with van der Waals surface area (Å²) in [6.45, 7) is 1.95. The van der Waals surface area contributed by atoms with Crippen LogP contribution in [0.1, 0.15) is 12.7 Å². The molecule has 0 aliphatic carbocycles. The molecule has 1 aromatic heterocycles. The van der Waals surface area contributed by atoms with E-state index in [1.165, 1.54) is 0 Å². The number of hydrogen-bond donors (Lipinski definition) is 1. The van der Waals surface area contributed by atoms with Gasteiger partial charge in [-0.15, -0.1) is 0 Å². The number of halogens is 1. The predicted octanol–water partition coefficient (Wildman–Crippen LogP) is 2.80. The van der Waals surface area contributed by atoms with Gasteiger partial charge in [-0.2, -0.15) is 0 Å². The van der Waals surface area contributed by atoms with Crippen LogP contribution >= 0.6 is 15.9 Å².